The maximum Gasteiger partial charge on any atom is 0.0318 e. The minimum atomic E-state index is 0.506. The number of piperazine rings is 1. The maximum absolute atomic E-state index is 5.58. The van der Waals surface area contributed by atoms with Gasteiger partial charge in [0.1, 0.15) is 0 Å². The zero-order valence-corrected chi connectivity index (χ0v) is 7.51. The molecule has 1 rings (SSSR count). The summed E-state index contributed by atoms with van der Waals surface area (Å²) in [6.45, 7) is 8.57. The molecule has 0 bridgehead atoms. The first kappa shape index (κ1) is 8.97. The van der Waals surface area contributed by atoms with Gasteiger partial charge in [-0.3, -0.25) is 4.90 Å². The lowest BCUT2D eigenvalue weighted by atomic mass is 10.2. The highest BCUT2D eigenvalue weighted by atomic mass is 15.2. The molecular weight excluding hydrogens is 138 g/mol. The van der Waals surface area contributed by atoms with E-state index in [4.69, 9.17) is 5.73 Å². The molecule has 0 saturated carbocycles. The zero-order valence-electron chi connectivity index (χ0n) is 7.51. The van der Waals surface area contributed by atoms with Crippen LogP contribution in [0.2, 0.25) is 0 Å². The summed E-state index contributed by atoms with van der Waals surface area (Å²) >= 11 is 0. The van der Waals surface area contributed by atoms with E-state index < -0.39 is 0 Å². The average Bonchev–Trinajstić information content (AvgIpc) is 2.05. The van der Waals surface area contributed by atoms with Gasteiger partial charge in [0.05, 0.1) is 0 Å². The first-order valence-corrected chi connectivity index (χ1v) is 4.41. The van der Waals surface area contributed by atoms with E-state index >= 15 is 0 Å². The van der Waals surface area contributed by atoms with Crippen LogP contribution in [0.15, 0.2) is 0 Å². The molecule has 0 spiro atoms. The molecule has 0 unspecified atom stereocenters. The van der Waals surface area contributed by atoms with Crippen molar-refractivity contribution in [1.82, 2.24) is 10.2 Å². The van der Waals surface area contributed by atoms with Crippen molar-refractivity contribution in [2.45, 2.75) is 25.9 Å². The quantitative estimate of drug-likeness (QED) is 0.574. The van der Waals surface area contributed by atoms with Crippen LogP contribution < -0.4 is 11.1 Å². The highest BCUT2D eigenvalue weighted by Gasteiger charge is 2.19. The lowest BCUT2D eigenvalue weighted by molar-refractivity contribution is 0.164. The van der Waals surface area contributed by atoms with Gasteiger partial charge in [-0.15, -0.1) is 0 Å². The molecule has 3 nitrogen and oxygen atoms in total. The van der Waals surface area contributed by atoms with Crippen LogP contribution in [-0.2, 0) is 0 Å². The van der Waals surface area contributed by atoms with Gasteiger partial charge in [-0.05, 0) is 13.8 Å². The highest BCUT2D eigenvalue weighted by molar-refractivity contribution is 4.80. The summed E-state index contributed by atoms with van der Waals surface area (Å²) in [5.41, 5.74) is 5.58. The third kappa shape index (κ3) is 2.43. The number of hydrogen-bond donors (Lipinski definition) is 2. The molecule has 11 heavy (non-hydrogen) atoms. The molecule has 3 N–H and O–H groups in total. The minimum Gasteiger partial charge on any atom is -0.329 e. The number of nitrogens with two attached hydrogens (primary N) is 1. The molecule has 3 heteroatoms. The van der Waals surface area contributed by atoms with Crippen LogP contribution in [0.1, 0.15) is 13.8 Å². The zero-order chi connectivity index (χ0) is 8.27. The van der Waals surface area contributed by atoms with Crippen LogP contribution in [0, 0.1) is 0 Å². The van der Waals surface area contributed by atoms with Crippen molar-refractivity contribution >= 4 is 0 Å². The number of nitrogens with one attached hydrogen (secondary N) is 1. The van der Waals surface area contributed by atoms with Gasteiger partial charge >= 0.3 is 0 Å². The van der Waals surface area contributed by atoms with Crippen molar-refractivity contribution in [2.75, 3.05) is 26.2 Å². The first-order valence-electron chi connectivity index (χ1n) is 4.41. The summed E-state index contributed by atoms with van der Waals surface area (Å²) in [6, 6.07) is 1.16. The Kier molecular flexibility index (Phi) is 3.30. The van der Waals surface area contributed by atoms with Gasteiger partial charge in [0.15, 0.2) is 0 Å². The first-order chi connectivity index (χ1) is 5.24. The van der Waals surface area contributed by atoms with E-state index in [1.54, 1.807) is 0 Å². The average molecular weight is 157 g/mol. The lowest BCUT2D eigenvalue weighted by Gasteiger charge is -2.35. The normalized spacial score (nSPS) is 27.8. The van der Waals surface area contributed by atoms with Crippen LogP contribution in [-0.4, -0.2) is 43.2 Å². The van der Waals surface area contributed by atoms with Crippen LogP contribution >= 0.6 is 0 Å². The number of nitrogens with zero attached hydrogens (tertiary/aromatic N) is 1. The molecule has 0 aromatic heterocycles. The molecular formula is C8H19N3. The molecule has 0 amide bonds. The van der Waals surface area contributed by atoms with E-state index in [0.717, 1.165) is 26.2 Å². The van der Waals surface area contributed by atoms with Gasteiger partial charge < -0.3 is 11.1 Å². The fourth-order valence-corrected chi connectivity index (χ4v) is 1.48. The Hall–Kier alpha value is -0.120. The number of hydrogen-bond acceptors (Lipinski definition) is 3. The van der Waals surface area contributed by atoms with E-state index in [1.807, 2.05) is 0 Å². The van der Waals surface area contributed by atoms with Crippen molar-refractivity contribution in [3.8, 4) is 0 Å². The summed E-state index contributed by atoms with van der Waals surface area (Å²) < 4.78 is 0. The molecule has 66 valence electrons. The van der Waals surface area contributed by atoms with Crippen molar-refractivity contribution in [2.24, 2.45) is 5.73 Å². The topological polar surface area (TPSA) is 41.3 Å². The van der Waals surface area contributed by atoms with Crippen molar-refractivity contribution in [3.63, 3.8) is 0 Å². The Bertz CT molecular complexity index is 114. The lowest BCUT2D eigenvalue weighted by Crippen LogP contribution is -2.55. The third-order valence-corrected chi connectivity index (χ3v) is 2.30. The molecule has 0 aromatic carbocycles. The summed E-state index contributed by atoms with van der Waals surface area (Å²) in [6.07, 6.45) is 0. The van der Waals surface area contributed by atoms with Gasteiger partial charge in [0, 0.05) is 38.3 Å². The second-order valence-corrected chi connectivity index (χ2v) is 3.48. The molecule has 1 heterocycles. The van der Waals surface area contributed by atoms with Crippen LogP contribution in [0.3, 0.4) is 0 Å². The summed E-state index contributed by atoms with van der Waals surface area (Å²) in [5.74, 6) is 0. The standard InChI is InChI=1S/C8H19N3/c1-7(2)11-4-3-10-8(5-9)6-11/h7-8,10H,3-6,9H2,1-2H3/t8-/m1/s1. The summed E-state index contributed by atoms with van der Waals surface area (Å²) in [5, 5.41) is 3.39. The predicted molar refractivity (Wildman–Crippen MR) is 47.6 cm³/mol. The molecule has 1 saturated heterocycles. The van der Waals surface area contributed by atoms with Gasteiger partial charge in [-0.2, -0.15) is 0 Å². The van der Waals surface area contributed by atoms with E-state index in [-0.39, 0.29) is 0 Å². The highest BCUT2D eigenvalue weighted by Crippen LogP contribution is 2.02. The molecule has 1 aliphatic heterocycles. The van der Waals surface area contributed by atoms with E-state index in [0.29, 0.717) is 12.1 Å². The second-order valence-electron chi connectivity index (χ2n) is 3.48. The minimum absolute atomic E-state index is 0.506. The fraction of sp³-hybridized carbons (Fsp3) is 1.00. The molecule has 0 aromatic rings. The van der Waals surface area contributed by atoms with Crippen molar-refractivity contribution in [3.05, 3.63) is 0 Å². The Morgan fingerprint density at radius 2 is 2.36 bits per heavy atom. The maximum atomic E-state index is 5.58. The van der Waals surface area contributed by atoms with E-state index in [9.17, 15) is 0 Å². The Labute approximate surface area is 68.9 Å². The monoisotopic (exact) mass is 157 g/mol. The smallest absolute Gasteiger partial charge is 0.0318 e. The fourth-order valence-electron chi connectivity index (χ4n) is 1.48. The molecule has 1 aliphatic rings. The number of rotatable bonds is 2. The summed E-state index contributed by atoms with van der Waals surface area (Å²) in [7, 11) is 0. The van der Waals surface area contributed by atoms with E-state index in [1.165, 1.54) is 0 Å². The second kappa shape index (κ2) is 4.04. The van der Waals surface area contributed by atoms with Crippen LogP contribution in [0.5, 0.6) is 0 Å². The Morgan fingerprint density at radius 1 is 1.64 bits per heavy atom. The van der Waals surface area contributed by atoms with E-state index in [2.05, 4.69) is 24.1 Å². The van der Waals surface area contributed by atoms with Gasteiger partial charge in [-0.1, -0.05) is 0 Å². The molecule has 1 fully saturated rings. The molecule has 0 aliphatic carbocycles. The predicted octanol–water partition coefficient (Wildman–Crippen LogP) is -0.373. The van der Waals surface area contributed by atoms with Gasteiger partial charge in [0.25, 0.3) is 0 Å². The van der Waals surface area contributed by atoms with Crippen molar-refractivity contribution in [1.29, 1.82) is 0 Å². The molecule has 1 atom stereocenters. The van der Waals surface area contributed by atoms with Gasteiger partial charge in [0.2, 0.25) is 0 Å². The Balaban J connectivity index is 2.33. The Morgan fingerprint density at radius 3 is 2.91 bits per heavy atom. The van der Waals surface area contributed by atoms with Crippen LogP contribution in [0.4, 0.5) is 0 Å². The largest absolute Gasteiger partial charge is 0.329 e. The molecule has 0 radical (unpaired) electrons. The van der Waals surface area contributed by atoms with Crippen molar-refractivity contribution < 1.29 is 0 Å². The summed E-state index contributed by atoms with van der Waals surface area (Å²) in [4.78, 5) is 2.47. The van der Waals surface area contributed by atoms with Gasteiger partial charge in [-0.25, -0.2) is 0 Å². The van der Waals surface area contributed by atoms with Crippen LogP contribution in [0.25, 0.3) is 0 Å². The SMILES string of the molecule is CC(C)N1CCN[C@H](CN)C1. The third-order valence-electron chi connectivity index (χ3n) is 2.30.